The molecule has 0 bridgehead atoms. The van der Waals surface area contributed by atoms with Gasteiger partial charge in [-0.25, -0.2) is 0 Å². The smallest absolute Gasteiger partial charge is 0.145 e. The number of ether oxygens (including phenoxy) is 2. The second-order valence-electron chi connectivity index (χ2n) is 5.24. The average molecular weight is 321 g/mol. The molecule has 0 fully saturated rings. The van der Waals surface area contributed by atoms with Crippen molar-refractivity contribution < 1.29 is 14.6 Å². The van der Waals surface area contributed by atoms with E-state index in [4.69, 9.17) is 9.47 Å². The lowest BCUT2D eigenvalue weighted by Gasteiger charge is -2.09. The largest absolute Gasteiger partial charge is 0.507 e. The van der Waals surface area contributed by atoms with Gasteiger partial charge in [0, 0.05) is 17.8 Å². The second-order valence-corrected chi connectivity index (χ2v) is 5.24. The fourth-order valence-electron chi connectivity index (χ4n) is 2.56. The van der Waals surface area contributed by atoms with Crippen LogP contribution >= 0.6 is 0 Å². The molecule has 0 saturated carbocycles. The first kappa shape index (κ1) is 15.9. The number of rotatable bonds is 5. The van der Waals surface area contributed by atoms with Gasteiger partial charge in [0.1, 0.15) is 22.9 Å². The van der Waals surface area contributed by atoms with Gasteiger partial charge in [-0.15, -0.1) is 0 Å². The topological polar surface area (TPSA) is 51.0 Å². The quantitative estimate of drug-likeness (QED) is 0.693. The lowest BCUT2D eigenvalue weighted by atomic mass is 10.0. The fraction of sp³-hybridized carbons (Fsp3) is 0.150. The summed E-state index contributed by atoms with van der Waals surface area (Å²) in [5, 5.41) is 12.2. The average Bonchev–Trinajstić information content (AvgIpc) is 2.62. The van der Waals surface area contributed by atoms with E-state index in [0.29, 0.717) is 29.4 Å². The Bertz CT molecular complexity index is 887. The molecule has 0 heterocycles. The minimum Gasteiger partial charge on any atom is -0.507 e. The highest BCUT2D eigenvalue weighted by molar-refractivity contribution is 6.03. The van der Waals surface area contributed by atoms with Crippen LogP contribution in [0, 0.1) is 0 Å². The number of phenolic OH excluding ortho intramolecular Hbond substituents is 1. The van der Waals surface area contributed by atoms with Gasteiger partial charge >= 0.3 is 0 Å². The number of hydrogen-bond donors (Lipinski definition) is 1. The van der Waals surface area contributed by atoms with E-state index in [1.54, 1.807) is 19.4 Å². The number of phenols is 1. The molecule has 4 heteroatoms. The summed E-state index contributed by atoms with van der Waals surface area (Å²) in [6.45, 7) is 2.47. The van der Waals surface area contributed by atoms with Gasteiger partial charge in [0.2, 0.25) is 0 Å². The predicted octanol–water partition coefficient (Wildman–Crippen LogP) is 4.70. The highest BCUT2D eigenvalue weighted by Crippen LogP contribution is 2.33. The van der Waals surface area contributed by atoms with Crippen LogP contribution in [0.15, 0.2) is 59.6 Å². The van der Waals surface area contributed by atoms with Crippen molar-refractivity contribution >= 4 is 22.7 Å². The van der Waals surface area contributed by atoms with Crippen LogP contribution in [0.3, 0.4) is 0 Å². The Morgan fingerprint density at radius 3 is 2.71 bits per heavy atom. The molecule has 0 aliphatic rings. The van der Waals surface area contributed by atoms with Crippen molar-refractivity contribution in [3.8, 4) is 17.2 Å². The minimum atomic E-state index is 0.193. The van der Waals surface area contributed by atoms with E-state index in [1.165, 1.54) is 0 Å². The predicted molar refractivity (Wildman–Crippen MR) is 97.0 cm³/mol. The zero-order valence-electron chi connectivity index (χ0n) is 13.7. The maximum Gasteiger partial charge on any atom is 0.145 e. The Balaban J connectivity index is 2.07. The summed E-state index contributed by atoms with van der Waals surface area (Å²) in [6.07, 6.45) is 1.66. The van der Waals surface area contributed by atoms with E-state index in [0.717, 1.165) is 10.8 Å². The van der Waals surface area contributed by atoms with E-state index >= 15 is 0 Å². The molecule has 24 heavy (non-hydrogen) atoms. The summed E-state index contributed by atoms with van der Waals surface area (Å²) in [5.74, 6) is 1.57. The third kappa shape index (κ3) is 3.18. The van der Waals surface area contributed by atoms with Crippen molar-refractivity contribution in [3.63, 3.8) is 0 Å². The van der Waals surface area contributed by atoms with Crippen LogP contribution in [-0.2, 0) is 0 Å². The standard InChI is InChI=1S/C20H19NO3/c1-3-24-20-11-9-15(23-2)12-18(20)21-13-17-16-7-5-4-6-14(16)8-10-19(17)22/h4-13,22H,3H2,1-2H3. The Hall–Kier alpha value is -3.01. The molecule has 0 unspecified atom stereocenters. The third-order valence-electron chi connectivity index (χ3n) is 3.75. The molecule has 0 spiro atoms. The van der Waals surface area contributed by atoms with E-state index < -0.39 is 0 Å². The first-order valence-corrected chi connectivity index (χ1v) is 7.78. The van der Waals surface area contributed by atoms with Gasteiger partial charge in [-0.2, -0.15) is 0 Å². The number of aliphatic imine (C=N–C) groups is 1. The Labute approximate surface area is 141 Å². The molecule has 0 aliphatic carbocycles. The minimum absolute atomic E-state index is 0.193. The summed E-state index contributed by atoms with van der Waals surface area (Å²) in [4.78, 5) is 4.52. The lowest BCUT2D eigenvalue weighted by molar-refractivity contribution is 0.340. The molecule has 0 radical (unpaired) electrons. The van der Waals surface area contributed by atoms with Gasteiger partial charge in [0.25, 0.3) is 0 Å². The van der Waals surface area contributed by atoms with Crippen molar-refractivity contribution in [3.05, 3.63) is 60.2 Å². The number of nitrogens with zero attached hydrogens (tertiary/aromatic N) is 1. The van der Waals surface area contributed by atoms with Gasteiger partial charge in [-0.05, 0) is 35.9 Å². The van der Waals surface area contributed by atoms with Crippen LogP contribution < -0.4 is 9.47 Å². The van der Waals surface area contributed by atoms with Crippen LogP contribution in [0.25, 0.3) is 10.8 Å². The van der Waals surface area contributed by atoms with Crippen LogP contribution in [0.1, 0.15) is 12.5 Å². The Kier molecular flexibility index (Phi) is 4.66. The van der Waals surface area contributed by atoms with Crippen LogP contribution in [-0.4, -0.2) is 25.0 Å². The number of hydrogen-bond acceptors (Lipinski definition) is 4. The Morgan fingerprint density at radius 2 is 1.92 bits per heavy atom. The van der Waals surface area contributed by atoms with Crippen molar-refractivity contribution in [2.75, 3.05) is 13.7 Å². The van der Waals surface area contributed by atoms with Crippen molar-refractivity contribution in [1.29, 1.82) is 0 Å². The number of aromatic hydroxyl groups is 1. The molecular formula is C20H19NO3. The summed E-state index contributed by atoms with van der Waals surface area (Å²) >= 11 is 0. The molecule has 0 amide bonds. The molecule has 3 rings (SSSR count). The first-order chi connectivity index (χ1) is 11.7. The molecule has 0 saturated heterocycles. The van der Waals surface area contributed by atoms with E-state index in [2.05, 4.69) is 4.99 Å². The van der Waals surface area contributed by atoms with Gasteiger partial charge < -0.3 is 14.6 Å². The molecular weight excluding hydrogens is 302 g/mol. The Morgan fingerprint density at radius 1 is 1.08 bits per heavy atom. The maximum atomic E-state index is 10.2. The molecule has 1 N–H and O–H groups in total. The third-order valence-corrected chi connectivity index (χ3v) is 3.75. The van der Waals surface area contributed by atoms with Crippen molar-refractivity contribution in [2.24, 2.45) is 4.99 Å². The van der Waals surface area contributed by atoms with E-state index in [1.807, 2.05) is 55.5 Å². The van der Waals surface area contributed by atoms with Gasteiger partial charge in [0.15, 0.2) is 0 Å². The highest BCUT2D eigenvalue weighted by atomic mass is 16.5. The first-order valence-electron chi connectivity index (χ1n) is 7.78. The zero-order chi connectivity index (χ0) is 16.9. The van der Waals surface area contributed by atoms with Crippen LogP contribution in [0.4, 0.5) is 5.69 Å². The molecule has 122 valence electrons. The number of methoxy groups -OCH3 is 1. The van der Waals surface area contributed by atoms with E-state index in [-0.39, 0.29) is 5.75 Å². The summed E-state index contributed by atoms with van der Waals surface area (Å²) in [6, 6.07) is 16.9. The summed E-state index contributed by atoms with van der Waals surface area (Å²) < 4.78 is 10.9. The lowest BCUT2D eigenvalue weighted by Crippen LogP contribution is -1.93. The molecule has 0 aromatic heterocycles. The maximum absolute atomic E-state index is 10.2. The number of fused-ring (bicyclic) bond motifs is 1. The van der Waals surface area contributed by atoms with Gasteiger partial charge in [-0.1, -0.05) is 30.3 Å². The normalized spacial score (nSPS) is 11.1. The molecule has 3 aromatic carbocycles. The molecule has 3 aromatic rings. The van der Waals surface area contributed by atoms with Crippen molar-refractivity contribution in [1.82, 2.24) is 0 Å². The van der Waals surface area contributed by atoms with E-state index in [9.17, 15) is 5.11 Å². The van der Waals surface area contributed by atoms with Crippen LogP contribution in [0.5, 0.6) is 17.2 Å². The van der Waals surface area contributed by atoms with Crippen LogP contribution in [0.2, 0.25) is 0 Å². The van der Waals surface area contributed by atoms with Gasteiger partial charge in [0.05, 0.1) is 13.7 Å². The molecule has 4 nitrogen and oxygen atoms in total. The number of benzene rings is 3. The van der Waals surface area contributed by atoms with Crippen molar-refractivity contribution in [2.45, 2.75) is 6.92 Å². The summed E-state index contributed by atoms with van der Waals surface area (Å²) in [5.41, 5.74) is 1.34. The molecule has 0 aliphatic heterocycles. The fourth-order valence-corrected chi connectivity index (χ4v) is 2.56. The monoisotopic (exact) mass is 321 g/mol. The zero-order valence-corrected chi connectivity index (χ0v) is 13.7. The van der Waals surface area contributed by atoms with Gasteiger partial charge in [-0.3, -0.25) is 4.99 Å². The SMILES string of the molecule is CCOc1ccc(OC)cc1N=Cc1c(O)ccc2ccccc12. The second kappa shape index (κ2) is 7.04. The highest BCUT2D eigenvalue weighted by Gasteiger charge is 2.07. The molecule has 0 atom stereocenters. The summed E-state index contributed by atoms with van der Waals surface area (Å²) in [7, 11) is 1.61.